The molecule has 2 fully saturated rings. The summed E-state index contributed by atoms with van der Waals surface area (Å²) in [5.41, 5.74) is 0. The van der Waals surface area contributed by atoms with E-state index < -0.39 is 0 Å². The third-order valence-electron chi connectivity index (χ3n) is 4.14. The van der Waals surface area contributed by atoms with E-state index in [1.54, 1.807) is 50.3 Å². The second-order valence-corrected chi connectivity index (χ2v) is 9.59. The van der Waals surface area contributed by atoms with E-state index in [4.69, 9.17) is 0 Å². The van der Waals surface area contributed by atoms with E-state index in [-0.39, 0.29) is 19.7 Å². The number of hydrogen-bond donors (Lipinski definition) is 0. The highest BCUT2D eigenvalue weighted by Gasteiger charge is 2.38. The molecule has 2 aliphatic heterocycles. The van der Waals surface area contributed by atoms with Crippen molar-refractivity contribution in [3.05, 3.63) is 0 Å². The van der Waals surface area contributed by atoms with Gasteiger partial charge in [0.15, 0.2) is 0 Å². The molecule has 85 valence electrons. The molecule has 0 aliphatic carbocycles. The van der Waals surface area contributed by atoms with Crippen LogP contribution in [0.15, 0.2) is 0 Å². The molecule has 0 bridgehead atoms. The maximum Gasteiger partial charge on any atom is -0.0331 e. The molecule has 14 heavy (non-hydrogen) atoms. The Bertz CT molecular complexity index is 164. The molecule has 2 aliphatic rings. The van der Waals surface area contributed by atoms with Crippen molar-refractivity contribution in [3.63, 3.8) is 0 Å². The van der Waals surface area contributed by atoms with Crippen LogP contribution in [0, 0.1) is 5.92 Å². The lowest BCUT2D eigenvalue weighted by atomic mass is 10.0. The van der Waals surface area contributed by atoms with Gasteiger partial charge in [0.1, 0.15) is 0 Å². The van der Waals surface area contributed by atoms with Crippen LogP contribution >= 0.6 is 19.7 Å². The lowest BCUT2D eigenvalue weighted by Gasteiger charge is -2.25. The molecule has 0 saturated carbocycles. The fourth-order valence-corrected chi connectivity index (χ4v) is 8.71. The average molecular weight is 236 g/mol. The second kappa shape index (κ2) is 5.71. The second-order valence-electron chi connectivity index (χ2n) is 5.20. The SMILES string of the molecule is CCCCC1CC[P]2(CCCC2)C1.Cl. The van der Waals surface area contributed by atoms with E-state index >= 15 is 0 Å². The Balaban J connectivity index is 0.000000980. The maximum atomic E-state index is 2.33. The molecule has 2 heteroatoms. The van der Waals surface area contributed by atoms with Crippen LogP contribution in [-0.4, -0.2) is 24.6 Å². The molecule has 1 radical (unpaired) electrons. The topological polar surface area (TPSA) is 0 Å². The quantitative estimate of drug-likeness (QED) is 0.635. The van der Waals surface area contributed by atoms with Crippen LogP contribution in [0.3, 0.4) is 0 Å². The predicted molar refractivity (Wildman–Crippen MR) is 70.5 cm³/mol. The van der Waals surface area contributed by atoms with Crippen molar-refractivity contribution < 1.29 is 0 Å². The van der Waals surface area contributed by atoms with Crippen molar-refractivity contribution in [3.8, 4) is 0 Å². The molecular formula is C12H25ClP. The van der Waals surface area contributed by atoms with Gasteiger partial charge in [-0.3, -0.25) is 0 Å². The Morgan fingerprint density at radius 2 is 1.86 bits per heavy atom. The maximum absolute atomic E-state index is 2.33. The smallest absolute Gasteiger partial charge is 0.0331 e. The van der Waals surface area contributed by atoms with Crippen molar-refractivity contribution in [1.82, 2.24) is 0 Å². The third kappa shape index (κ3) is 2.86. The largest absolute Gasteiger partial charge is 0.147 e. The summed E-state index contributed by atoms with van der Waals surface area (Å²) in [6.45, 7) is 2.33. The van der Waals surface area contributed by atoms with E-state index in [0.717, 1.165) is 5.92 Å². The van der Waals surface area contributed by atoms with E-state index in [1.807, 2.05) is 0 Å². The number of halogens is 1. The van der Waals surface area contributed by atoms with E-state index in [9.17, 15) is 0 Å². The van der Waals surface area contributed by atoms with Gasteiger partial charge in [-0.25, -0.2) is 0 Å². The molecule has 0 aromatic rings. The first-order chi connectivity index (χ1) is 6.35. The summed E-state index contributed by atoms with van der Waals surface area (Å²) in [5, 5.41) is 0. The van der Waals surface area contributed by atoms with Crippen LogP contribution < -0.4 is 0 Å². The summed E-state index contributed by atoms with van der Waals surface area (Å²) in [5.74, 6) is 1.16. The van der Waals surface area contributed by atoms with Crippen LogP contribution in [0.4, 0.5) is 0 Å². The minimum Gasteiger partial charge on any atom is -0.147 e. The first-order valence-corrected chi connectivity index (χ1v) is 8.73. The van der Waals surface area contributed by atoms with E-state index in [1.165, 1.54) is 12.8 Å². The zero-order valence-corrected chi connectivity index (χ0v) is 11.2. The van der Waals surface area contributed by atoms with Gasteiger partial charge in [0.05, 0.1) is 0 Å². The van der Waals surface area contributed by atoms with Crippen molar-refractivity contribution in [1.29, 1.82) is 0 Å². The predicted octanol–water partition coefficient (Wildman–Crippen LogP) is 4.43. The Hall–Kier alpha value is 0.720. The molecule has 1 spiro atoms. The van der Waals surface area contributed by atoms with Gasteiger partial charge in [-0.2, -0.15) is 0 Å². The number of hydrogen-bond acceptors (Lipinski definition) is 0. The minimum atomic E-state index is -0.294. The van der Waals surface area contributed by atoms with Crippen molar-refractivity contribution in [2.24, 2.45) is 5.92 Å². The highest BCUT2D eigenvalue weighted by Crippen LogP contribution is 2.69. The van der Waals surface area contributed by atoms with Crippen LogP contribution in [-0.2, 0) is 0 Å². The molecule has 2 saturated heterocycles. The monoisotopic (exact) mass is 235 g/mol. The molecule has 1 unspecified atom stereocenters. The first kappa shape index (κ1) is 12.8. The lowest BCUT2D eigenvalue weighted by molar-refractivity contribution is 0.517. The highest BCUT2D eigenvalue weighted by atomic mass is 35.5. The molecule has 0 nitrogen and oxygen atoms in total. The summed E-state index contributed by atoms with van der Waals surface area (Å²) < 4.78 is 0. The van der Waals surface area contributed by atoms with Gasteiger partial charge >= 0.3 is 0 Å². The lowest BCUT2D eigenvalue weighted by Crippen LogP contribution is -2.01. The van der Waals surface area contributed by atoms with E-state index in [2.05, 4.69) is 6.92 Å². The molecule has 2 heterocycles. The fourth-order valence-electron chi connectivity index (χ4n) is 3.33. The fraction of sp³-hybridized carbons (Fsp3) is 1.00. The van der Waals surface area contributed by atoms with Crippen LogP contribution in [0.25, 0.3) is 0 Å². The summed E-state index contributed by atoms with van der Waals surface area (Å²) in [6, 6.07) is 0. The molecule has 0 aromatic heterocycles. The van der Waals surface area contributed by atoms with Gasteiger partial charge in [0, 0.05) is 0 Å². The number of rotatable bonds is 3. The van der Waals surface area contributed by atoms with Crippen LogP contribution in [0.5, 0.6) is 0 Å². The van der Waals surface area contributed by atoms with Crippen molar-refractivity contribution >= 4 is 19.7 Å². The molecule has 0 amide bonds. The highest BCUT2D eigenvalue weighted by molar-refractivity contribution is 7.76. The van der Waals surface area contributed by atoms with Crippen LogP contribution in [0.2, 0.25) is 0 Å². The summed E-state index contributed by atoms with van der Waals surface area (Å²) in [7, 11) is -0.294. The summed E-state index contributed by atoms with van der Waals surface area (Å²) in [6.07, 6.45) is 15.9. The Morgan fingerprint density at radius 1 is 1.14 bits per heavy atom. The van der Waals surface area contributed by atoms with Crippen molar-refractivity contribution in [2.45, 2.75) is 45.4 Å². The van der Waals surface area contributed by atoms with Gasteiger partial charge < -0.3 is 0 Å². The summed E-state index contributed by atoms with van der Waals surface area (Å²) in [4.78, 5) is 0. The third-order valence-corrected chi connectivity index (χ3v) is 9.17. The van der Waals surface area contributed by atoms with Gasteiger partial charge in [0.2, 0.25) is 0 Å². The van der Waals surface area contributed by atoms with Gasteiger partial charge in [-0.15, -0.1) is 19.7 Å². The molecular weight excluding hydrogens is 211 g/mol. The minimum absolute atomic E-state index is 0. The Morgan fingerprint density at radius 3 is 2.50 bits per heavy atom. The Kier molecular flexibility index (Phi) is 5.21. The molecule has 0 aromatic carbocycles. The average Bonchev–Trinajstić information content (AvgIpc) is 2.74. The first-order valence-electron chi connectivity index (χ1n) is 6.20. The molecule has 1 atom stereocenters. The van der Waals surface area contributed by atoms with Gasteiger partial charge in [-0.05, 0) is 49.8 Å². The van der Waals surface area contributed by atoms with Crippen LogP contribution in [0.1, 0.15) is 45.4 Å². The van der Waals surface area contributed by atoms with Crippen molar-refractivity contribution in [2.75, 3.05) is 24.6 Å². The normalized spacial score (nSPS) is 29.4. The number of unbranched alkanes of at least 4 members (excludes halogenated alkanes) is 1. The standard InChI is InChI=1S/C12H24P.ClH/c1-2-3-6-12-7-10-13(11-12)8-4-5-9-13;/h12H,2-11H2,1H3;1H. The summed E-state index contributed by atoms with van der Waals surface area (Å²) >= 11 is 0. The zero-order chi connectivity index (χ0) is 9.15. The van der Waals surface area contributed by atoms with E-state index in [0.29, 0.717) is 0 Å². The molecule has 2 rings (SSSR count). The molecule has 0 N–H and O–H groups in total. The zero-order valence-electron chi connectivity index (χ0n) is 9.50. The van der Waals surface area contributed by atoms with Gasteiger partial charge in [-0.1, -0.05) is 26.2 Å². The van der Waals surface area contributed by atoms with Gasteiger partial charge in [0.25, 0.3) is 0 Å². The Labute approximate surface area is 96.0 Å².